The molecule has 6 rings (SSSR count). The highest BCUT2D eigenvalue weighted by molar-refractivity contribution is 5.87. The summed E-state index contributed by atoms with van der Waals surface area (Å²) >= 11 is 0. The summed E-state index contributed by atoms with van der Waals surface area (Å²) < 4.78 is 11.4. The summed E-state index contributed by atoms with van der Waals surface area (Å²) in [5.74, 6) is 1.46. The van der Waals surface area contributed by atoms with Crippen LogP contribution in [0.5, 0.6) is 11.6 Å². The summed E-state index contributed by atoms with van der Waals surface area (Å²) in [6, 6.07) is 32.0. The fourth-order valence-corrected chi connectivity index (χ4v) is 4.38. The number of rotatable bonds is 7. The predicted molar refractivity (Wildman–Crippen MR) is 155 cm³/mol. The van der Waals surface area contributed by atoms with Gasteiger partial charge in [0.15, 0.2) is 0 Å². The fourth-order valence-electron chi connectivity index (χ4n) is 4.38. The number of H-pyrrole nitrogens is 1. The lowest BCUT2D eigenvalue weighted by Gasteiger charge is -2.27. The second-order valence-electron chi connectivity index (χ2n) is 9.25. The van der Waals surface area contributed by atoms with Gasteiger partial charge < -0.3 is 25.1 Å². The van der Waals surface area contributed by atoms with Gasteiger partial charge in [-0.2, -0.15) is 5.26 Å². The lowest BCUT2D eigenvalue weighted by atomic mass is 10.1. The van der Waals surface area contributed by atoms with Crippen molar-refractivity contribution in [2.75, 3.05) is 32.1 Å². The molecule has 0 amide bonds. The molecule has 196 valence electrons. The van der Waals surface area contributed by atoms with Crippen LogP contribution in [0.25, 0.3) is 22.2 Å². The summed E-state index contributed by atoms with van der Waals surface area (Å²) in [6.45, 7) is 2.29. The molecule has 7 heteroatoms. The van der Waals surface area contributed by atoms with Crippen molar-refractivity contribution in [2.24, 2.45) is 0 Å². The second-order valence-corrected chi connectivity index (χ2v) is 9.25. The number of nitrogens with zero attached hydrogens (tertiary/aromatic N) is 2. The molecule has 7 nitrogen and oxygen atoms in total. The average molecular weight is 518 g/mol. The van der Waals surface area contributed by atoms with Gasteiger partial charge in [0.05, 0.1) is 31.0 Å². The van der Waals surface area contributed by atoms with Crippen LogP contribution in [-0.2, 0) is 6.42 Å². The van der Waals surface area contributed by atoms with E-state index in [0.29, 0.717) is 18.0 Å². The van der Waals surface area contributed by atoms with E-state index in [9.17, 15) is 0 Å². The van der Waals surface area contributed by atoms with E-state index in [1.54, 1.807) is 7.11 Å². The molecule has 0 aliphatic carbocycles. The number of ether oxygens (including phenoxy) is 2. The molecule has 0 radical (unpaired) electrons. The Bertz CT molecular complexity index is 1510. The van der Waals surface area contributed by atoms with Crippen molar-refractivity contribution < 1.29 is 9.47 Å². The van der Waals surface area contributed by atoms with E-state index in [-0.39, 0.29) is 6.10 Å². The van der Waals surface area contributed by atoms with Crippen LogP contribution in [0.2, 0.25) is 0 Å². The second kappa shape index (κ2) is 12.6. The van der Waals surface area contributed by atoms with Gasteiger partial charge in [0.2, 0.25) is 5.88 Å². The van der Waals surface area contributed by atoms with E-state index in [1.165, 1.54) is 5.56 Å². The van der Waals surface area contributed by atoms with Crippen molar-refractivity contribution >= 4 is 16.6 Å². The number of anilines is 1. The largest absolute Gasteiger partial charge is 0.497 e. The maximum atomic E-state index is 8.88. The Kier molecular flexibility index (Phi) is 8.37. The molecule has 1 unspecified atom stereocenters. The standard InChI is InChI=1S/C26H25N5O2.C6H6/c1-32-21-6-7-23-19(10-21)11-24(31-23)20-12-25-26(30-14-20)33-22(16-29-25)15-28-9-8-17-2-4-18(13-27)5-3-17;1-2-4-6-5-3-1/h2-7,10-12,14,22,28-29,31H,8-9,15-16H2,1H3;1-6H. The Hall–Kier alpha value is -4.80. The molecule has 3 heterocycles. The van der Waals surface area contributed by atoms with Crippen LogP contribution in [0.4, 0.5) is 5.69 Å². The highest BCUT2D eigenvalue weighted by atomic mass is 16.5. The van der Waals surface area contributed by atoms with Gasteiger partial charge in [0, 0.05) is 34.9 Å². The minimum Gasteiger partial charge on any atom is -0.497 e. The third kappa shape index (κ3) is 6.75. The van der Waals surface area contributed by atoms with Crippen LogP contribution >= 0.6 is 0 Å². The van der Waals surface area contributed by atoms with E-state index >= 15 is 0 Å². The van der Waals surface area contributed by atoms with Gasteiger partial charge in [-0.1, -0.05) is 48.5 Å². The maximum Gasteiger partial charge on any atom is 0.237 e. The number of aromatic amines is 1. The van der Waals surface area contributed by atoms with E-state index < -0.39 is 0 Å². The Labute approximate surface area is 228 Å². The summed E-state index contributed by atoms with van der Waals surface area (Å²) in [7, 11) is 1.67. The number of fused-ring (bicyclic) bond motifs is 2. The third-order valence-corrected chi connectivity index (χ3v) is 6.50. The average Bonchev–Trinajstić information content (AvgIpc) is 3.44. The highest BCUT2D eigenvalue weighted by Crippen LogP contribution is 2.33. The van der Waals surface area contributed by atoms with Crippen molar-refractivity contribution in [3.05, 3.63) is 108 Å². The first-order valence-electron chi connectivity index (χ1n) is 13.0. The van der Waals surface area contributed by atoms with Gasteiger partial charge in [-0.05, 0) is 61.0 Å². The molecule has 0 spiro atoms. The zero-order valence-corrected chi connectivity index (χ0v) is 21.9. The van der Waals surface area contributed by atoms with Crippen molar-refractivity contribution in [3.8, 4) is 29.0 Å². The zero-order valence-electron chi connectivity index (χ0n) is 21.9. The molecule has 2 aromatic heterocycles. The van der Waals surface area contributed by atoms with Crippen LogP contribution < -0.4 is 20.1 Å². The summed E-state index contributed by atoms with van der Waals surface area (Å²) in [5.41, 5.74) is 5.85. The number of benzene rings is 3. The SMILES string of the molecule is COc1ccc2[nH]c(-c3cnc4c(c3)NCC(CNCCc3ccc(C#N)cc3)O4)cc2c1.c1ccccc1. The Morgan fingerprint density at radius 1 is 1.03 bits per heavy atom. The quantitative estimate of drug-likeness (QED) is 0.236. The smallest absolute Gasteiger partial charge is 0.237 e. The molecular formula is C32H31N5O2. The Balaban J connectivity index is 0.000000455. The minimum atomic E-state index is 0.0114. The number of nitriles is 1. The number of methoxy groups -OCH3 is 1. The number of pyridine rings is 1. The van der Waals surface area contributed by atoms with Gasteiger partial charge in [0.25, 0.3) is 0 Å². The van der Waals surface area contributed by atoms with Gasteiger partial charge in [0.1, 0.15) is 11.9 Å². The van der Waals surface area contributed by atoms with Crippen LogP contribution in [0.1, 0.15) is 11.1 Å². The van der Waals surface area contributed by atoms with Gasteiger partial charge in [-0.3, -0.25) is 0 Å². The maximum absolute atomic E-state index is 8.88. The van der Waals surface area contributed by atoms with Crippen molar-refractivity contribution in [1.29, 1.82) is 5.26 Å². The Morgan fingerprint density at radius 3 is 2.51 bits per heavy atom. The fraction of sp³-hybridized carbons (Fsp3) is 0.188. The zero-order chi connectivity index (χ0) is 26.9. The van der Waals surface area contributed by atoms with Crippen LogP contribution in [0.15, 0.2) is 97.2 Å². The first-order chi connectivity index (χ1) is 19.2. The summed E-state index contributed by atoms with van der Waals surface area (Å²) in [6.07, 6.45) is 2.75. The molecule has 0 saturated heterocycles. The van der Waals surface area contributed by atoms with Gasteiger partial charge in [-0.25, -0.2) is 4.98 Å². The highest BCUT2D eigenvalue weighted by Gasteiger charge is 2.21. The summed E-state index contributed by atoms with van der Waals surface area (Å²) in [5, 5.41) is 16.9. The van der Waals surface area contributed by atoms with Crippen LogP contribution in [0.3, 0.4) is 0 Å². The molecule has 5 aromatic rings. The van der Waals surface area contributed by atoms with E-state index in [0.717, 1.165) is 53.1 Å². The number of aromatic nitrogens is 2. The topological polar surface area (TPSA) is 95.0 Å². The molecule has 3 N–H and O–H groups in total. The van der Waals surface area contributed by atoms with E-state index in [1.807, 2.05) is 85.1 Å². The monoisotopic (exact) mass is 517 g/mol. The first kappa shape index (κ1) is 25.8. The van der Waals surface area contributed by atoms with Crippen molar-refractivity contribution in [1.82, 2.24) is 15.3 Å². The molecule has 0 bridgehead atoms. The normalized spacial score (nSPS) is 13.7. The number of hydrogen-bond donors (Lipinski definition) is 3. The first-order valence-corrected chi connectivity index (χ1v) is 13.0. The molecule has 0 saturated carbocycles. The van der Waals surface area contributed by atoms with Gasteiger partial charge >= 0.3 is 0 Å². The summed E-state index contributed by atoms with van der Waals surface area (Å²) in [4.78, 5) is 8.00. The molecule has 1 atom stereocenters. The molecule has 39 heavy (non-hydrogen) atoms. The van der Waals surface area contributed by atoms with E-state index in [2.05, 4.69) is 38.8 Å². The van der Waals surface area contributed by atoms with Gasteiger partial charge in [-0.15, -0.1) is 0 Å². The van der Waals surface area contributed by atoms with Crippen LogP contribution in [0, 0.1) is 11.3 Å². The molecule has 1 aliphatic heterocycles. The van der Waals surface area contributed by atoms with Crippen molar-refractivity contribution in [2.45, 2.75) is 12.5 Å². The molecular weight excluding hydrogens is 486 g/mol. The lowest BCUT2D eigenvalue weighted by molar-refractivity contribution is 0.194. The number of hydrogen-bond acceptors (Lipinski definition) is 6. The lowest BCUT2D eigenvalue weighted by Crippen LogP contribution is -2.40. The molecule has 1 aliphatic rings. The predicted octanol–water partition coefficient (Wildman–Crippen LogP) is 5.80. The van der Waals surface area contributed by atoms with E-state index in [4.69, 9.17) is 14.7 Å². The number of nitrogens with one attached hydrogen (secondary N) is 3. The molecule has 0 fully saturated rings. The third-order valence-electron chi connectivity index (χ3n) is 6.50. The Morgan fingerprint density at radius 2 is 1.79 bits per heavy atom. The van der Waals surface area contributed by atoms with Crippen molar-refractivity contribution in [3.63, 3.8) is 0 Å². The minimum absolute atomic E-state index is 0.0114. The van der Waals surface area contributed by atoms with Crippen LogP contribution in [-0.4, -0.2) is 42.8 Å². The molecule has 3 aromatic carbocycles.